The second-order valence-electron chi connectivity index (χ2n) is 7.64. The van der Waals surface area contributed by atoms with Gasteiger partial charge >= 0.3 is 0 Å². The lowest BCUT2D eigenvalue weighted by Crippen LogP contribution is -2.31. The highest BCUT2D eigenvalue weighted by atomic mass is 16.5. The summed E-state index contributed by atoms with van der Waals surface area (Å²) in [5.41, 5.74) is 1.19. The van der Waals surface area contributed by atoms with Crippen LogP contribution in [0.3, 0.4) is 0 Å². The maximum absolute atomic E-state index is 12.5. The van der Waals surface area contributed by atoms with Gasteiger partial charge in [-0.1, -0.05) is 56.3 Å². The predicted molar refractivity (Wildman–Crippen MR) is 99.4 cm³/mol. The molecule has 142 valence electrons. The van der Waals surface area contributed by atoms with Gasteiger partial charge in [-0.15, -0.1) is 0 Å². The number of aryl methyl sites for hydroxylation is 1. The zero-order chi connectivity index (χ0) is 19.3. The van der Waals surface area contributed by atoms with Crippen LogP contribution in [0.1, 0.15) is 51.1 Å². The lowest BCUT2D eigenvalue weighted by Gasteiger charge is -2.27. The Hall–Kier alpha value is -3.03. The van der Waals surface area contributed by atoms with Crippen LogP contribution in [0.4, 0.5) is 0 Å². The van der Waals surface area contributed by atoms with E-state index in [1.165, 1.54) is 6.33 Å². The Morgan fingerprint density at radius 3 is 2.70 bits per heavy atom. The number of rotatable bonds is 7. The van der Waals surface area contributed by atoms with Gasteiger partial charge < -0.3 is 9.84 Å². The van der Waals surface area contributed by atoms with Gasteiger partial charge in [-0.05, 0) is 17.4 Å². The highest BCUT2D eigenvalue weighted by molar-refractivity contribution is 5.76. The molecule has 2 N–H and O–H groups in total. The number of H-pyrrole nitrogens is 1. The molecule has 8 nitrogen and oxygen atoms in total. The number of carbonyl (C=O) groups excluding carboxylic acids is 1. The van der Waals surface area contributed by atoms with Gasteiger partial charge in [0.25, 0.3) is 0 Å². The van der Waals surface area contributed by atoms with Crippen molar-refractivity contribution in [2.24, 2.45) is 5.41 Å². The fourth-order valence-corrected chi connectivity index (χ4v) is 2.80. The maximum Gasteiger partial charge on any atom is 0.239 e. The van der Waals surface area contributed by atoms with Gasteiger partial charge in [-0.25, -0.2) is 4.98 Å². The number of aromatic nitrogens is 5. The number of nitrogens with one attached hydrogen (secondary N) is 2. The molecule has 0 aliphatic carbocycles. The zero-order valence-corrected chi connectivity index (χ0v) is 15.8. The van der Waals surface area contributed by atoms with E-state index >= 15 is 0 Å². The van der Waals surface area contributed by atoms with Gasteiger partial charge in [0.05, 0.1) is 6.04 Å². The van der Waals surface area contributed by atoms with Crippen molar-refractivity contribution in [2.45, 2.75) is 46.1 Å². The van der Waals surface area contributed by atoms with Crippen LogP contribution in [0.15, 0.2) is 41.2 Å². The molecule has 0 saturated carbocycles. The molecule has 0 unspecified atom stereocenters. The Labute approximate surface area is 157 Å². The summed E-state index contributed by atoms with van der Waals surface area (Å²) in [5.74, 6) is 1.11. The van der Waals surface area contributed by atoms with E-state index in [2.05, 4.69) is 51.4 Å². The summed E-state index contributed by atoms with van der Waals surface area (Å²) in [6, 6.07) is 9.99. The first kappa shape index (κ1) is 18.8. The minimum atomic E-state index is -0.0486. The van der Waals surface area contributed by atoms with Crippen LogP contribution in [-0.4, -0.2) is 31.2 Å². The average Bonchev–Trinajstić information content (AvgIpc) is 3.30. The molecule has 0 aliphatic heterocycles. The molecule has 0 spiro atoms. The molecule has 3 aromatic rings. The van der Waals surface area contributed by atoms with E-state index in [1.54, 1.807) is 0 Å². The van der Waals surface area contributed by atoms with Gasteiger partial charge in [0.15, 0.2) is 5.82 Å². The Morgan fingerprint density at radius 1 is 1.26 bits per heavy atom. The molecule has 8 heteroatoms. The van der Waals surface area contributed by atoms with E-state index < -0.39 is 0 Å². The van der Waals surface area contributed by atoms with Crippen molar-refractivity contribution in [3.05, 3.63) is 48.1 Å². The van der Waals surface area contributed by atoms with Crippen molar-refractivity contribution in [3.63, 3.8) is 0 Å². The molecule has 3 rings (SSSR count). The van der Waals surface area contributed by atoms with E-state index in [9.17, 15) is 4.79 Å². The van der Waals surface area contributed by atoms with Gasteiger partial charge in [0.2, 0.25) is 17.6 Å². The van der Waals surface area contributed by atoms with E-state index in [0.717, 1.165) is 12.0 Å². The van der Waals surface area contributed by atoms with Crippen molar-refractivity contribution in [2.75, 3.05) is 0 Å². The van der Waals surface area contributed by atoms with Crippen LogP contribution >= 0.6 is 0 Å². The number of carbonyl (C=O) groups is 1. The molecule has 2 heterocycles. The van der Waals surface area contributed by atoms with Gasteiger partial charge in [0.1, 0.15) is 6.33 Å². The molecule has 0 aliphatic rings. The van der Waals surface area contributed by atoms with E-state index in [4.69, 9.17) is 4.52 Å². The number of nitrogens with zero attached hydrogens (tertiary/aromatic N) is 4. The lowest BCUT2D eigenvalue weighted by atomic mass is 9.85. The Bertz CT molecular complexity index is 852. The molecule has 2 aromatic heterocycles. The van der Waals surface area contributed by atoms with Gasteiger partial charge in [-0.3, -0.25) is 9.89 Å². The third-order valence-corrected chi connectivity index (χ3v) is 4.01. The summed E-state index contributed by atoms with van der Waals surface area (Å²) in [5, 5.41) is 13.4. The van der Waals surface area contributed by atoms with E-state index in [1.807, 2.05) is 30.3 Å². The molecule has 0 bridgehead atoms. The molecular weight excluding hydrogens is 344 g/mol. The Morgan fingerprint density at radius 2 is 2.04 bits per heavy atom. The van der Waals surface area contributed by atoms with Crippen molar-refractivity contribution < 1.29 is 9.32 Å². The number of benzene rings is 1. The molecule has 0 radical (unpaired) electrons. The third-order valence-electron chi connectivity index (χ3n) is 4.01. The number of hydrogen-bond donors (Lipinski definition) is 2. The highest BCUT2D eigenvalue weighted by Gasteiger charge is 2.22. The molecular formula is C19H24N6O2. The predicted octanol–water partition coefficient (Wildman–Crippen LogP) is 3.08. The molecule has 1 amide bonds. The Kier molecular flexibility index (Phi) is 5.63. The molecule has 1 atom stereocenters. The van der Waals surface area contributed by atoms with Crippen LogP contribution in [0.2, 0.25) is 0 Å². The van der Waals surface area contributed by atoms with Crippen LogP contribution in [0.5, 0.6) is 0 Å². The van der Waals surface area contributed by atoms with Crippen LogP contribution in [-0.2, 0) is 11.2 Å². The largest absolute Gasteiger partial charge is 0.349 e. The summed E-state index contributed by atoms with van der Waals surface area (Å²) in [7, 11) is 0. The topological polar surface area (TPSA) is 110 Å². The first-order valence-electron chi connectivity index (χ1n) is 8.93. The first-order valence-corrected chi connectivity index (χ1v) is 8.93. The number of hydrogen-bond acceptors (Lipinski definition) is 6. The summed E-state index contributed by atoms with van der Waals surface area (Å²) in [4.78, 5) is 20.7. The van der Waals surface area contributed by atoms with Crippen LogP contribution in [0, 0.1) is 5.41 Å². The van der Waals surface area contributed by atoms with Crippen molar-refractivity contribution >= 4 is 5.91 Å². The van der Waals surface area contributed by atoms with E-state index in [0.29, 0.717) is 24.0 Å². The quantitative estimate of drug-likeness (QED) is 0.663. The summed E-state index contributed by atoms with van der Waals surface area (Å²) in [6.45, 7) is 6.50. The van der Waals surface area contributed by atoms with Crippen molar-refractivity contribution in [1.82, 2.24) is 30.6 Å². The fourth-order valence-electron chi connectivity index (χ4n) is 2.80. The average molecular weight is 368 g/mol. The molecule has 0 saturated heterocycles. The third kappa shape index (κ3) is 5.47. The minimum absolute atomic E-state index is 0.0360. The smallest absolute Gasteiger partial charge is 0.239 e. The minimum Gasteiger partial charge on any atom is -0.349 e. The monoisotopic (exact) mass is 368 g/mol. The summed E-state index contributed by atoms with van der Waals surface area (Å²) in [6.07, 6.45) is 2.85. The first-order chi connectivity index (χ1) is 12.9. The molecule has 1 aromatic carbocycles. The van der Waals surface area contributed by atoms with Crippen molar-refractivity contribution in [3.8, 4) is 11.6 Å². The van der Waals surface area contributed by atoms with Crippen LogP contribution < -0.4 is 5.32 Å². The highest BCUT2D eigenvalue weighted by Crippen LogP contribution is 2.29. The van der Waals surface area contributed by atoms with Crippen LogP contribution in [0.25, 0.3) is 11.6 Å². The molecule has 27 heavy (non-hydrogen) atoms. The summed E-state index contributed by atoms with van der Waals surface area (Å²) < 4.78 is 5.18. The SMILES string of the molecule is CC(C)(C)C[C@@H](NC(=O)CCc1nc(-c2ncn[nH]2)no1)c1ccccc1. The standard InChI is InChI=1S/C19H24N6O2/c1-19(2,3)11-14(13-7-5-4-6-8-13)22-15(26)9-10-16-23-18(25-27-16)17-20-12-21-24-17/h4-8,12,14H,9-11H2,1-3H3,(H,22,26)(H,20,21,24)/t14-/m1/s1. The zero-order valence-electron chi connectivity index (χ0n) is 15.8. The second kappa shape index (κ2) is 8.11. The lowest BCUT2D eigenvalue weighted by molar-refractivity contribution is -0.122. The summed E-state index contributed by atoms with van der Waals surface area (Å²) >= 11 is 0. The number of aromatic amines is 1. The van der Waals surface area contributed by atoms with Crippen molar-refractivity contribution in [1.29, 1.82) is 0 Å². The fraction of sp³-hybridized carbons (Fsp3) is 0.421. The maximum atomic E-state index is 12.5. The normalized spacial score (nSPS) is 12.7. The Balaban J connectivity index is 1.59. The van der Waals surface area contributed by atoms with Gasteiger partial charge in [-0.2, -0.15) is 10.1 Å². The van der Waals surface area contributed by atoms with E-state index in [-0.39, 0.29) is 23.8 Å². The van der Waals surface area contributed by atoms with Gasteiger partial charge in [0, 0.05) is 12.8 Å². The number of amides is 1. The molecule has 0 fully saturated rings. The second-order valence-corrected chi connectivity index (χ2v) is 7.64.